The second-order valence-corrected chi connectivity index (χ2v) is 9.53. The summed E-state index contributed by atoms with van der Waals surface area (Å²) in [6, 6.07) is 10.6. The Bertz CT molecular complexity index is 1130. The number of aromatic amines is 1. The van der Waals surface area contributed by atoms with Gasteiger partial charge in [-0.2, -0.15) is 9.40 Å². The molecular weight excluding hydrogens is 404 g/mol. The first-order valence-electron chi connectivity index (χ1n) is 9.82. The lowest BCUT2D eigenvalue weighted by molar-refractivity contribution is -0.120. The van der Waals surface area contributed by atoms with Crippen LogP contribution in [0.1, 0.15) is 24.0 Å². The number of aryl methyl sites for hydroxylation is 2. The van der Waals surface area contributed by atoms with E-state index < -0.39 is 15.9 Å². The van der Waals surface area contributed by atoms with Gasteiger partial charge < -0.3 is 9.73 Å². The van der Waals surface area contributed by atoms with Crippen molar-refractivity contribution in [2.75, 3.05) is 18.4 Å². The molecule has 8 nitrogen and oxygen atoms in total. The van der Waals surface area contributed by atoms with Crippen LogP contribution in [0, 0.1) is 19.8 Å². The van der Waals surface area contributed by atoms with E-state index in [1.807, 2.05) is 32.0 Å². The molecule has 1 aliphatic heterocycles. The Kier molecular flexibility index (Phi) is 5.48. The molecule has 0 bridgehead atoms. The SMILES string of the molecule is Cc1cc(C)cc(NC(=O)[C@H]2CCCN(S(=O)(=O)c3ccc(-c4ccn[nH]4)o3)C2)c1. The number of carbonyl (C=O) groups is 1. The Balaban J connectivity index is 1.48. The number of amides is 1. The molecule has 158 valence electrons. The average Bonchev–Trinajstić information content (AvgIpc) is 3.39. The number of anilines is 1. The fourth-order valence-electron chi connectivity index (χ4n) is 3.79. The van der Waals surface area contributed by atoms with E-state index in [0.717, 1.165) is 16.8 Å². The van der Waals surface area contributed by atoms with Gasteiger partial charge in [0.25, 0.3) is 10.0 Å². The van der Waals surface area contributed by atoms with Gasteiger partial charge in [0.15, 0.2) is 5.76 Å². The standard InChI is InChI=1S/C21H24N4O4S/c1-14-10-15(2)12-17(11-14)23-21(26)16-4-3-9-25(13-16)30(27,28)20-6-5-19(29-20)18-7-8-22-24-18/h5-8,10-12,16H,3-4,9,13H2,1-2H3,(H,22,24)(H,23,26)/t16-/m0/s1. The zero-order valence-corrected chi connectivity index (χ0v) is 17.7. The number of piperidine rings is 1. The van der Waals surface area contributed by atoms with Gasteiger partial charge in [-0.3, -0.25) is 9.89 Å². The summed E-state index contributed by atoms with van der Waals surface area (Å²) in [7, 11) is -3.83. The Labute approximate surface area is 175 Å². The quantitative estimate of drug-likeness (QED) is 0.648. The average molecular weight is 429 g/mol. The fourth-order valence-corrected chi connectivity index (χ4v) is 5.23. The lowest BCUT2D eigenvalue weighted by Crippen LogP contribution is -2.43. The molecule has 30 heavy (non-hydrogen) atoms. The maximum atomic E-state index is 13.1. The molecule has 0 spiro atoms. The number of hydrogen-bond donors (Lipinski definition) is 2. The van der Waals surface area contributed by atoms with Crippen molar-refractivity contribution in [3.63, 3.8) is 0 Å². The summed E-state index contributed by atoms with van der Waals surface area (Å²) in [5.41, 5.74) is 3.45. The number of rotatable bonds is 5. The van der Waals surface area contributed by atoms with E-state index in [-0.39, 0.29) is 17.5 Å². The fraction of sp³-hybridized carbons (Fsp3) is 0.333. The molecule has 1 fully saturated rings. The molecule has 9 heteroatoms. The van der Waals surface area contributed by atoms with E-state index in [9.17, 15) is 13.2 Å². The summed E-state index contributed by atoms with van der Waals surface area (Å²) < 4.78 is 33.0. The summed E-state index contributed by atoms with van der Waals surface area (Å²) in [4.78, 5) is 12.8. The molecule has 1 aliphatic rings. The van der Waals surface area contributed by atoms with Crippen LogP contribution in [0.5, 0.6) is 0 Å². The minimum absolute atomic E-state index is 0.124. The molecule has 1 saturated heterocycles. The Morgan fingerprint density at radius 3 is 2.67 bits per heavy atom. The summed E-state index contributed by atoms with van der Waals surface area (Å²) in [6.07, 6.45) is 2.81. The van der Waals surface area contributed by atoms with Crippen LogP contribution >= 0.6 is 0 Å². The van der Waals surface area contributed by atoms with Gasteiger partial charge in [-0.05, 0) is 68.1 Å². The number of carbonyl (C=O) groups excluding carboxylic acids is 1. The number of aromatic nitrogens is 2. The summed E-state index contributed by atoms with van der Waals surface area (Å²) in [5.74, 6) is -0.193. The highest BCUT2D eigenvalue weighted by molar-refractivity contribution is 7.89. The van der Waals surface area contributed by atoms with Gasteiger partial charge in [-0.15, -0.1) is 0 Å². The zero-order valence-electron chi connectivity index (χ0n) is 16.9. The predicted octanol–water partition coefficient (Wildman–Crippen LogP) is 3.33. The minimum atomic E-state index is -3.83. The summed E-state index contributed by atoms with van der Waals surface area (Å²) in [6.45, 7) is 4.42. The van der Waals surface area contributed by atoms with Crippen LogP contribution in [0.15, 0.2) is 52.1 Å². The normalized spacial score (nSPS) is 17.7. The Morgan fingerprint density at radius 2 is 1.97 bits per heavy atom. The number of H-pyrrole nitrogens is 1. The maximum Gasteiger partial charge on any atom is 0.276 e. The molecular formula is C21H24N4O4S. The van der Waals surface area contributed by atoms with Crippen LogP contribution in [-0.4, -0.2) is 41.9 Å². The van der Waals surface area contributed by atoms with E-state index in [1.165, 1.54) is 10.4 Å². The third-order valence-corrected chi connectivity index (χ3v) is 6.93. The number of sulfonamides is 1. The third kappa shape index (κ3) is 4.17. The van der Waals surface area contributed by atoms with Crippen molar-refractivity contribution >= 4 is 21.6 Å². The van der Waals surface area contributed by atoms with Crippen LogP contribution in [-0.2, 0) is 14.8 Å². The van der Waals surface area contributed by atoms with Gasteiger partial charge in [0.1, 0.15) is 5.69 Å². The first-order chi connectivity index (χ1) is 14.3. The van der Waals surface area contributed by atoms with Crippen molar-refractivity contribution < 1.29 is 17.6 Å². The van der Waals surface area contributed by atoms with Gasteiger partial charge in [0.05, 0.1) is 5.92 Å². The molecule has 2 N–H and O–H groups in total. The van der Waals surface area contributed by atoms with E-state index >= 15 is 0 Å². The lowest BCUT2D eigenvalue weighted by atomic mass is 9.98. The van der Waals surface area contributed by atoms with Gasteiger partial charge in [0, 0.05) is 25.0 Å². The summed E-state index contributed by atoms with van der Waals surface area (Å²) in [5, 5.41) is 9.39. The Morgan fingerprint density at radius 1 is 1.20 bits per heavy atom. The van der Waals surface area contributed by atoms with Crippen molar-refractivity contribution in [2.24, 2.45) is 5.92 Å². The molecule has 1 atom stereocenters. The van der Waals surface area contributed by atoms with Crippen LogP contribution in [0.3, 0.4) is 0 Å². The molecule has 0 unspecified atom stereocenters. The molecule has 0 aliphatic carbocycles. The van der Waals surface area contributed by atoms with Crippen LogP contribution in [0.4, 0.5) is 5.69 Å². The van der Waals surface area contributed by atoms with Gasteiger partial charge in [0.2, 0.25) is 11.0 Å². The minimum Gasteiger partial charge on any atom is -0.442 e. The van der Waals surface area contributed by atoms with Crippen molar-refractivity contribution in [3.8, 4) is 11.5 Å². The molecule has 1 amide bonds. The van der Waals surface area contributed by atoms with Gasteiger partial charge in [-0.25, -0.2) is 8.42 Å². The number of hydrogen-bond acceptors (Lipinski definition) is 5. The highest BCUT2D eigenvalue weighted by atomic mass is 32.2. The highest BCUT2D eigenvalue weighted by Gasteiger charge is 2.35. The van der Waals surface area contributed by atoms with Crippen LogP contribution in [0.2, 0.25) is 0 Å². The molecule has 3 heterocycles. The third-order valence-electron chi connectivity index (χ3n) is 5.19. The maximum absolute atomic E-state index is 13.1. The van der Waals surface area contributed by atoms with E-state index in [2.05, 4.69) is 15.5 Å². The molecule has 3 aromatic rings. The topological polar surface area (TPSA) is 108 Å². The Hall–Kier alpha value is -2.91. The predicted molar refractivity (Wildman–Crippen MR) is 112 cm³/mol. The monoisotopic (exact) mass is 428 g/mol. The smallest absolute Gasteiger partial charge is 0.276 e. The van der Waals surface area contributed by atoms with Crippen LogP contribution < -0.4 is 5.32 Å². The zero-order chi connectivity index (χ0) is 21.3. The van der Waals surface area contributed by atoms with Crippen molar-refractivity contribution in [1.29, 1.82) is 0 Å². The molecule has 1 aromatic carbocycles. The van der Waals surface area contributed by atoms with Crippen molar-refractivity contribution in [2.45, 2.75) is 31.8 Å². The number of benzene rings is 1. The van der Waals surface area contributed by atoms with E-state index in [4.69, 9.17) is 4.42 Å². The lowest BCUT2D eigenvalue weighted by Gasteiger charge is -2.30. The molecule has 0 saturated carbocycles. The number of nitrogens with zero attached hydrogens (tertiary/aromatic N) is 2. The van der Waals surface area contributed by atoms with Crippen molar-refractivity contribution in [1.82, 2.24) is 14.5 Å². The summed E-state index contributed by atoms with van der Waals surface area (Å²) >= 11 is 0. The number of furan rings is 1. The molecule has 2 aromatic heterocycles. The van der Waals surface area contributed by atoms with E-state index in [0.29, 0.717) is 30.8 Å². The molecule has 4 rings (SSSR count). The first kappa shape index (κ1) is 20.4. The highest BCUT2D eigenvalue weighted by Crippen LogP contribution is 2.28. The number of nitrogens with one attached hydrogen (secondary N) is 2. The van der Waals surface area contributed by atoms with Gasteiger partial charge >= 0.3 is 0 Å². The van der Waals surface area contributed by atoms with Gasteiger partial charge in [-0.1, -0.05) is 6.07 Å². The molecule has 0 radical (unpaired) electrons. The van der Waals surface area contributed by atoms with Crippen molar-refractivity contribution in [3.05, 3.63) is 53.7 Å². The van der Waals surface area contributed by atoms with Crippen LogP contribution in [0.25, 0.3) is 11.5 Å². The largest absolute Gasteiger partial charge is 0.442 e. The second-order valence-electron chi connectivity index (χ2n) is 7.66. The van der Waals surface area contributed by atoms with E-state index in [1.54, 1.807) is 18.3 Å². The first-order valence-corrected chi connectivity index (χ1v) is 11.3. The second kappa shape index (κ2) is 8.08.